The molecule has 0 saturated heterocycles. The van der Waals surface area contributed by atoms with E-state index in [1.54, 1.807) is 20.8 Å². The second-order valence-electron chi connectivity index (χ2n) is 5.25. The lowest BCUT2D eigenvalue weighted by molar-refractivity contribution is -0.142. The maximum atomic E-state index is 12.1. The van der Waals surface area contributed by atoms with Gasteiger partial charge >= 0.3 is 5.97 Å². The molecule has 0 unspecified atom stereocenters. The third-order valence-electron chi connectivity index (χ3n) is 3.03. The first-order chi connectivity index (χ1) is 9.68. The Bertz CT molecular complexity index is 406. The van der Waals surface area contributed by atoms with Crippen molar-refractivity contribution in [2.24, 2.45) is 5.92 Å². The van der Waals surface area contributed by atoms with Gasteiger partial charge in [0, 0.05) is 19.8 Å². The van der Waals surface area contributed by atoms with Crippen LogP contribution in [-0.4, -0.2) is 40.8 Å². The number of carbonyl (C=O) groups excluding carboxylic acids is 3. The van der Waals surface area contributed by atoms with E-state index < -0.39 is 24.0 Å². The summed E-state index contributed by atoms with van der Waals surface area (Å²) in [6, 6.07) is -1.94. The van der Waals surface area contributed by atoms with Crippen LogP contribution in [0.3, 0.4) is 0 Å². The van der Waals surface area contributed by atoms with Crippen LogP contribution in [0, 0.1) is 5.92 Å². The Morgan fingerprint density at radius 2 is 1.67 bits per heavy atom. The predicted molar refractivity (Wildman–Crippen MR) is 76.5 cm³/mol. The normalized spacial score (nSPS) is 13.4. The molecule has 21 heavy (non-hydrogen) atoms. The zero-order valence-corrected chi connectivity index (χ0v) is 12.9. The zero-order chi connectivity index (χ0) is 16.6. The number of hydrogen-bond acceptors (Lipinski definition) is 4. The maximum Gasteiger partial charge on any atom is 0.326 e. The lowest BCUT2D eigenvalue weighted by Crippen LogP contribution is -2.53. The first-order valence-electron chi connectivity index (χ1n) is 7.01. The molecule has 0 aliphatic carbocycles. The third-order valence-corrected chi connectivity index (χ3v) is 3.03. The van der Waals surface area contributed by atoms with Gasteiger partial charge in [0.1, 0.15) is 17.9 Å². The smallest absolute Gasteiger partial charge is 0.326 e. The summed E-state index contributed by atoms with van der Waals surface area (Å²) in [5, 5.41) is 14.0. The quantitative estimate of drug-likeness (QED) is 0.573. The Hall–Kier alpha value is -1.92. The van der Waals surface area contributed by atoms with Crippen molar-refractivity contribution >= 4 is 23.6 Å². The van der Waals surface area contributed by atoms with Gasteiger partial charge in [-0.25, -0.2) is 4.79 Å². The second-order valence-corrected chi connectivity index (χ2v) is 5.25. The number of amides is 2. The van der Waals surface area contributed by atoms with Gasteiger partial charge in [0.15, 0.2) is 0 Å². The highest BCUT2D eigenvalue weighted by molar-refractivity contribution is 5.90. The molecule has 0 aromatic carbocycles. The Kier molecular flexibility index (Phi) is 8.26. The van der Waals surface area contributed by atoms with Crippen LogP contribution >= 0.6 is 0 Å². The van der Waals surface area contributed by atoms with E-state index in [-0.39, 0.29) is 30.4 Å². The number of aliphatic carboxylic acids is 1. The van der Waals surface area contributed by atoms with E-state index in [9.17, 15) is 19.2 Å². The van der Waals surface area contributed by atoms with Crippen LogP contribution in [0.5, 0.6) is 0 Å². The van der Waals surface area contributed by atoms with E-state index in [1.807, 2.05) is 0 Å². The molecule has 0 aliphatic rings. The van der Waals surface area contributed by atoms with Crippen molar-refractivity contribution in [3.63, 3.8) is 0 Å². The minimum absolute atomic E-state index is 0.0403. The molecule has 0 saturated carbocycles. The van der Waals surface area contributed by atoms with E-state index >= 15 is 0 Å². The fraction of sp³-hybridized carbons (Fsp3) is 0.714. The summed E-state index contributed by atoms with van der Waals surface area (Å²) in [5.74, 6) is -2.36. The number of ketones is 1. The first kappa shape index (κ1) is 19.1. The number of rotatable bonds is 9. The highest BCUT2D eigenvalue weighted by Crippen LogP contribution is 2.05. The Labute approximate surface area is 124 Å². The lowest BCUT2D eigenvalue weighted by Gasteiger charge is -2.23. The van der Waals surface area contributed by atoms with Crippen molar-refractivity contribution in [1.82, 2.24) is 10.6 Å². The summed E-state index contributed by atoms with van der Waals surface area (Å²) in [6.45, 7) is 6.48. The topological polar surface area (TPSA) is 113 Å². The van der Waals surface area contributed by atoms with Crippen LogP contribution < -0.4 is 10.6 Å². The van der Waals surface area contributed by atoms with Crippen molar-refractivity contribution < 1.29 is 24.3 Å². The number of hydrogen-bond donors (Lipinski definition) is 3. The Balaban J connectivity index is 4.74. The zero-order valence-electron chi connectivity index (χ0n) is 12.9. The van der Waals surface area contributed by atoms with Crippen LogP contribution in [0.15, 0.2) is 0 Å². The van der Waals surface area contributed by atoms with Crippen molar-refractivity contribution in [2.75, 3.05) is 0 Å². The molecule has 0 radical (unpaired) electrons. The van der Waals surface area contributed by atoms with Crippen LogP contribution in [0.2, 0.25) is 0 Å². The monoisotopic (exact) mass is 300 g/mol. The largest absolute Gasteiger partial charge is 0.480 e. The second kappa shape index (κ2) is 9.10. The van der Waals surface area contributed by atoms with E-state index in [0.717, 1.165) is 0 Å². The molecule has 0 aliphatic heterocycles. The molecule has 7 nitrogen and oxygen atoms in total. The van der Waals surface area contributed by atoms with Gasteiger partial charge in [-0.05, 0) is 12.3 Å². The molecule has 0 bridgehead atoms. The maximum absolute atomic E-state index is 12.1. The minimum Gasteiger partial charge on any atom is -0.480 e. The first-order valence-corrected chi connectivity index (χ1v) is 7.01. The van der Waals surface area contributed by atoms with Crippen molar-refractivity contribution in [1.29, 1.82) is 0 Å². The summed E-state index contributed by atoms with van der Waals surface area (Å²) < 4.78 is 0. The summed E-state index contributed by atoms with van der Waals surface area (Å²) in [5.41, 5.74) is 0. The molecular formula is C14H24N2O5. The molecule has 0 rings (SSSR count). The van der Waals surface area contributed by atoms with Gasteiger partial charge in [0.2, 0.25) is 11.8 Å². The Morgan fingerprint density at radius 3 is 2.05 bits per heavy atom. The molecule has 0 fully saturated rings. The van der Waals surface area contributed by atoms with Crippen molar-refractivity contribution in [2.45, 2.75) is 59.0 Å². The van der Waals surface area contributed by atoms with E-state index in [1.165, 1.54) is 6.92 Å². The number of nitrogens with one attached hydrogen (secondary N) is 2. The molecular weight excluding hydrogens is 276 g/mol. The molecule has 120 valence electrons. The molecule has 7 heteroatoms. The molecule has 2 amide bonds. The van der Waals surface area contributed by atoms with Gasteiger partial charge in [0.05, 0.1) is 0 Å². The molecule has 0 aromatic rings. The highest BCUT2D eigenvalue weighted by Gasteiger charge is 2.28. The van der Waals surface area contributed by atoms with Gasteiger partial charge in [-0.3, -0.25) is 14.4 Å². The van der Waals surface area contributed by atoms with Crippen LogP contribution in [-0.2, 0) is 19.2 Å². The van der Waals surface area contributed by atoms with Gasteiger partial charge in [0.25, 0.3) is 0 Å². The summed E-state index contributed by atoms with van der Waals surface area (Å²) in [4.78, 5) is 45.5. The fourth-order valence-electron chi connectivity index (χ4n) is 1.75. The Morgan fingerprint density at radius 1 is 1.10 bits per heavy atom. The van der Waals surface area contributed by atoms with Gasteiger partial charge in [-0.1, -0.05) is 20.8 Å². The average Bonchev–Trinajstić information content (AvgIpc) is 2.38. The molecule has 0 aromatic heterocycles. The van der Waals surface area contributed by atoms with Crippen molar-refractivity contribution in [3.05, 3.63) is 0 Å². The van der Waals surface area contributed by atoms with Gasteiger partial charge < -0.3 is 15.7 Å². The summed E-state index contributed by atoms with van der Waals surface area (Å²) in [7, 11) is 0. The third kappa shape index (κ3) is 7.43. The van der Waals surface area contributed by atoms with Crippen LogP contribution in [0.1, 0.15) is 47.0 Å². The lowest BCUT2D eigenvalue weighted by atomic mass is 10.0. The number of Topliss-reactive ketones (excluding diaryl/α,β-unsaturated/α-hetero) is 1. The molecule has 0 heterocycles. The van der Waals surface area contributed by atoms with Gasteiger partial charge in [-0.2, -0.15) is 0 Å². The summed E-state index contributed by atoms with van der Waals surface area (Å²) >= 11 is 0. The van der Waals surface area contributed by atoms with Gasteiger partial charge in [-0.15, -0.1) is 0 Å². The van der Waals surface area contributed by atoms with E-state index in [4.69, 9.17) is 5.11 Å². The van der Waals surface area contributed by atoms with E-state index in [0.29, 0.717) is 6.42 Å². The van der Waals surface area contributed by atoms with E-state index in [2.05, 4.69) is 10.6 Å². The predicted octanol–water partition coefficient (Wildman–Crippen LogP) is 0.476. The van der Waals surface area contributed by atoms with Crippen LogP contribution in [0.25, 0.3) is 0 Å². The van der Waals surface area contributed by atoms with Crippen LogP contribution in [0.4, 0.5) is 0 Å². The summed E-state index contributed by atoms with van der Waals surface area (Å²) in [6.07, 6.45) is 0.472. The molecule has 3 N–H and O–H groups in total. The standard InChI is InChI=1S/C14H24N2O5/c1-5-10(18)6-7-11(14(20)21)16-13(19)12(8(2)3)15-9(4)17/h8,11-12H,5-7H2,1-4H3,(H,15,17)(H,16,19)(H,20,21)/t11-,12+/m0/s1. The molecule has 2 atom stereocenters. The number of carbonyl (C=O) groups is 4. The number of carboxylic acid groups (broad SMARTS) is 1. The fourth-order valence-corrected chi connectivity index (χ4v) is 1.75. The SMILES string of the molecule is CCC(=O)CC[C@H](NC(=O)[C@H](NC(C)=O)C(C)C)C(=O)O. The minimum atomic E-state index is -1.20. The number of carboxylic acids is 1. The highest BCUT2D eigenvalue weighted by atomic mass is 16.4. The molecule has 0 spiro atoms. The average molecular weight is 300 g/mol. The van der Waals surface area contributed by atoms with Crippen molar-refractivity contribution in [3.8, 4) is 0 Å².